The minimum absolute atomic E-state index is 0.637. The van der Waals surface area contributed by atoms with Crippen molar-refractivity contribution in [3.05, 3.63) is 78.9 Å². The molecule has 3 aromatic rings. The number of rotatable bonds is 5. The molecule has 2 heterocycles. The van der Waals surface area contributed by atoms with E-state index in [9.17, 15) is 0 Å². The summed E-state index contributed by atoms with van der Waals surface area (Å²) in [6.45, 7) is 9.12. The number of fused-ring (bicyclic) bond motifs is 1. The second-order valence-electron chi connectivity index (χ2n) is 9.43. The Morgan fingerprint density at radius 3 is 2.29 bits per heavy atom. The first-order chi connectivity index (χ1) is 15.0. The molecule has 2 aliphatic rings. The monoisotopic (exact) mass is 446 g/mol. The maximum Gasteiger partial charge on any atom is 0.242 e. The molecule has 2 aliphatic heterocycles. The van der Waals surface area contributed by atoms with E-state index in [4.69, 9.17) is 4.43 Å². The van der Waals surface area contributed by atoms with Crippen molar-refractivity contribution >= 4 is 27.5 Å². The molecule has 5 heteroatoms. The second kappa shape index (κ2) is 8.42. The van der Waals surface area contributed by atoms with Gasteiger partial charge in [-0.25, -0.2) is 0 Å². The van der Waals surface area contributed by atoms with Crippen LogP contribution in [-0.4, -0.2) is 32.1 Å². The number of hydrogen-bond acceptors (Lipinski definition) is 3. The molecule has 3 aromatic carbocycles. The van der Waals surface area contributed by atoms with E-state index >= 15 is 0 Å². The Morgan fingerprint density at radius 2 is 1.58 bits per heavy atom. The highest BCUT2D eigenvalue weighted by atomic mass is 31.1. The Morgan fingerprint density at radius 1 is 0.871 bits per heavy atom. The average molecular weight is 447 g/mol. The van der Waals surface area contributed by atoms with E-state index in [2.05, 4.69) is 108 Å². The van der Waals surface area contributed by atoms with Crippen molar-refractivity contribution in [2.75, 3.05) is 17.8 Å². The Kier molecular flexibility index (Phi) is 5.64. The highest BCUT2D eigenvalue weighted by Crippen LogP contribution is 2.57. The maximum atomic E-state index is 6.67. The molecule has 2 atom stereocenters. The van der Waals surface area contributed by atoms with Gasteiger partial charge in [0.05, 0.1) is 5.30 Å². The summed E-state index contributed by atoms with van der Waals surface area (Å²) < 4.78 is 12.1. The van der Waals surface area contributed by atoms with Crippen LogP contribution in [0, 0.1) is 0 Å². The van der Waals surface area contributed by atoms with Crippen molar-refractivity contribution in [3.63, 3.8) is 0 Å². The van der Waals surface area contributed by atoms with Crippen molar-refractivity contribution in [1.29, 1.82) is 0 Å². The van der Waals surface area contributed by atoms with Gasteiger partial charge >= 0.3 is 0 Å². The van der Waals surface area contributed by atoms with Gasteiger partial charge in [-0.2, -0.15) is 0 Å². The molecule has 31 heavy (non-hydrogen) atoms. The lowest BCUT2D eigenvalue weighted by molar-refractivity contribution is 0.467. The van der Waals surface area contributed by atoms with Gasteiger partial charge in [0.1, 0.15) is 14.0 Å². The molecule has 2 fully saturated rings. The number of benzene rings is 3. The first kappa shape index (κ1) is 20.8. The highest BCUT2D eigenvalue weighted by molar-refractivity contribution is 7.65. The summed E-state index contributed by atoms with van der Waals surface area (Å²) in [5.41, 5.74) is 3.87. The molecule has 0 bridgehead atoms. The van der Waals surface area contributed by atoms with E-state index in [1.54, 1.807) is 0 Å². The lowest BCUT2D eigenvalue weighted by atomic mass is 10.1. The molecule has 0 aliphatic carbocycles. The maximum absolute atomic E-state index is 6.67. The predicted octanol–water partition coefficient (Wildman–Crippen LogP) is 6.49. The molecule has 160 valence electrons. The molecule has 0 N–H and O–H groups in total. The number of nitrogens with zero attached hydrogens (tertiary/aromatic N) is 2. The lowest BCUT2D eigenvalue weighted by Gasteiger charge is -2.33. The summed E-state index contributed by atoms with van der Waals surface area (Å²) in [5, 5.41) is 1.37. The molecule has 2 saturated heterocycles. The summed E-state index contributed by atoms with van der Waals surface area (Å²) in [6, 6.07) is 29.2. The molecular formula is C26H31N2OPSi. The fourth-order valence-corrected chi connectivity index (χ4v) is 8.49. The van der Waals surface area contributed by atoms with Gasteiger partial charge in [-0.3, -0.25) is 4.67 Å². The lowest BCUT2D eigenvalue weighted by Crippen LogP contribution is -2.33. The van der Waals surface area contributed by atoms with Gasteiger partial charge in [0.25, 0.3) is 0 Å². The van der Waals surface area contributed by atoms with Gasteiger partial charge in [0, 0.05) is 24.8 Å². The molecule has 0 spiro atoms. The van der Waals surface area contributed by atoms with Gasteiger partial charge in [-0.15, -0.1) is 0 Å². The summed E-state index contributed by atoms with van der Waals surface area (Å²) >= 11 is 0. The van der Waals surface area contributed by atoms with Crippen LogP contribution in [0.3, 0.4) is 0 Å². The predicted molar refractivity (Wildman–Crippen MR) is 136 cm³/mol. The zero-order chi connectivity index (χ0) is 21.4. The van der Waals surface area contributed by atoms with E-state index in [1.807, 2.05) is 0 Å². The first-order valence-corrected chi connectivity index (χ1v) is 15.9. The average Bonchev–Trinajstić information content (AvgIpc) is 3.36. The third-order valence-corrected chi connectivity index (χ3v) is 9.43. The van der Waals surface area contributed by atoms with Crippen LogP contribution in [0.1, 0.15) is 12.8 Å². The summed E-state index contributed by atoms with van der Waals surface area (Å²) in [6.07, 6.45) is 2.60. The van der Waals surface area contributed by atoms with Gasteiger partial charge in [-0.05, 0) is 67.9 Å². The fraction of sp³-hybridized carbons (Fsp3) is 0.308. The molecule has 3 nitrogen and oxygen atoms in total. The van der Waals surface area contributed by atoms with Crippen LogP contribution >= 0.6 is 8.22 Å². The first-order valence-electron chi connectivity index (χ1n) is 11.3. The topological polar surface area (TPSA) is 15.7 Å². The quantitative estimate of drug-likeness (QED) is 0.329. The van der Waals surface area contributed by atoms with Gasteiger partial charge in [0.15, 0.2) is 0 Å². The molecule has 0 aromatic heterocycles. The van der Waals surface area contributed by atoms with Crippen LogP contribution in [0.4, 0.5) is 5.69 Å². The van der Waals surface area contributed by atoms with Crippen molar-refractivity contribution in [1.82, 2.24) is 4.67 Å². The Balaban J connectivity index is 1.64. The summed E-state index contributed by atoms with van der Waals surface area (Å²) in [7, 11) is -2.38. The van der Waals surface area contributed by atoms with Gasteiger partial charge in [-0.1, -0.05) is 54.6 Å². The highest BCUT2D eigenvalue weighted by Gasteiger charge is 2.44. The minimum Gasteiger partial charge on any atom is -0.544 e. The number of para-hydroxylation sites is 1. The molecule has 5 rings (SSSR count). The standard InChI is InChI=1S/C26H31N2OPSi/c1-31(2,3)29-25-17-16-22(21-11-6-4-7-12-21)19-26(25)30-27-18-10-15-24(27)20-28(30)23-13-8-5-9-14-23/h4-9,11-14,16-17,19,24H,10,15,18,20H2,1-3H3/t24-,30?/m0/s1. The molecule has 0 saturated carbocycles. The number of hydrogen-bond donors (Lipinski definition) is 0. The van der Waals surface area contributed by atoms with Crippen LogP contribution < -0.4 is 14.4 Å². The Hall–Kier alpha value is -2.13. The van der Waals surface area contributed by atoms with E-state index in [-0.39, 0.29) is 0 Å². The second-order valence-corrected chi connectivity index (χ2v) is 15.9. The fourth-order valence-electron chi connectivity index (χ4n) is 4.65. The van der Waals surface area contributed by atoms with Crippen molar-refractivity contribution < 1.29 is 4.43 Å². The van der Waals surface area contributed by atoms with Crippen molar-refractivity contribution in [3.8, 4) is 16.9 Å². The van der Waals surface area contributed by atoms with Crippen LogP contribution in [0.5, 0.6) is 5.75 Å². The normalized spacial score (nSPS) is 21.3. The van der Waals surface area contributed by atoms with Crippen LogP contribution in [-0.2, 0) is 0 Å². The van der Waals surface area contributed by atoms with Crippen molar-refractivity contribution in [2.24, 2.45) is 0 Å². The molecule has 1 unspecified atom stereocenters. The van der Waals surface area contributed by atoms with Crippen LogP contribution in [0.15, 0.2) is 78.9 Å². The molecule has 0 radical (unpaired) electrons. The van der Waals surface area contributed by atoms with E-state index in [1.165, 1.54) is 41.5 Å². The summed E-state index contributed by atoms with van der Waals surface area (Å²) in [4.78, 5) is 0. The van der Waals surface area contributed by atoms with Crippen molar-refractivity contribution in [2.45, 2.75) is 38.5 Å². The summed E-state index contributed by atoms with van der Waals surface area (Å²) in [5.74, 6) is 1.08. The number of anilines is 1. The zero-order valence-electron chi connectivity index (χ0n) is 18.7. The van der Waals surface area contributed by atoms with Gasteiger partial charge in [0.2, 0.25) is 8.32 Å². The third-order valence-electron chi connectivity index (χ3n) is 5.95. The van der Waals surface area contributed by atoms with Crippen LogP contribution in [0.2, 0.25) is 19.6 Å². The molecular weight excluding hydrogens is 415 g/mol. The minimum atomic E-state index is -1.74. The van der Waals surface area contributed by atoms with E-state index < -0.39 is 16.5 Å². The largest absolute Gasteiger partial charge is 0.544 e. The zero-order valence-corrected chi connectivity index (χ0v) is 20.6. The van der Waals surface area contributed by atoms with Crippen LogP contribution in [0.25, 0.3) is 11.1 Å². The smallest absolute Gasteiger partial charge is 0.242 e. The van der Waals surface area contributed by atoms with E-state index in [0.717, 1.165) is 12.3 Å². The molecule has 0 amide bonds. The third kappa shape index (κ3) is 4.30. The van der Waals surface area contributed by atoms with Gasteiger partial charge < -0.3 is 9.10 Å². The SMILES string of the molecule is C[Si](C)(C)Oc1ccc(-c2ccccc2)cc1P1N(c2ccccc2)C[C@@H]2CCCN21. The van der Waals surface area contributed by atoms with E-state index in [0.29, 0.717) is 6.04 Å². The Bertz CT molecular complexity index is 1040. The Labute approximate surface area is 188 Å².